The number of ether oxygens (including phenoxy) is 1. The first-order valence-corrected chi connectivity index (χ1v) is 11.2. The van der Waals surface area contributed by atoms with Crippen LogP contribution in [0, 0.1) is 0 Å². The van der Waals surface area contributed by atoms with Crippen molar-refractivity contribution >= 4 is 29.4 Å². The number of carbonyl (C=O) groups excluding carboxylic acids is 3. The third-order valence-electron chi connectivity index (χ3n) is 5.35. The van der Waals surface area contributed by atoms with Crippen molar-refractivity contribution in [3.05, 3.63) is 46.1 Å². The molecule has 1 aromatic rings. The second kappa shape index (κ2) is 12.5. The first-order chi connectivity index (χ1) is 14.9. The van der Waals surface area contributed by atoms with Gasteiger partial charge in [0.1, 0.15) is 6.54 Å². The highest BCUT2D eigenvalue weighted by molar-refractivity contribution is 6.31. The van der Waals surface area contributed by atoms with Crippen LogP contribution in [0.4, 0.5) is 0 Å². The maximum absolute atomic E-state index is 12.9. The molecule has 3 N–H and O–H groups in total. The van der Waals surface area contributed by atoms with Crippen molar-refractivity contribution in [3.8, 4) is 0 Å². The Morgan fingerprint density at radius 3 is 2.61 bits per heavy atom. The molecule has 0 saturated heterocycles. The lowest BCUT2D eigenvalue weighted by Gasteiger charge is -2.34. The number of benzene rings is 1. The SMILES string of the molecule is CCOC(=O)C1=C(C)N(CC(=O)NCCCCCCN)C(=O)CC1c1ccccc1Cl. The fraction of sp³-hybridized carbons (Fsp3) is 0.522. The Labute approximate surface area is 188 Å². The van der Waals surface area contributed by atoms with Crippen molar-refractivity contribution in [1.29, 1.82) is 0 Å². The first-order valence-electron chi connectivity index (χ1n) is 10.8. The summed E-state index contributed by atoms with van der Waals surface area (Å²) in [5.41, 5.74) is 6.97. The van der Waals surface area contributed by atoms with Gasteiger partial charge in [-0.2, -0.15) is 0 Å². The van der Waals surface area contributed by atoms with Crippen LogP contribution < -0.4 is 11.1 Å². The van der Waals surface area contributed by atoms with Crippen LogP contribution in [0.15, 0.2) is 35.5 Å². The van der Waals surface area contributed by atoms with Crippen LogP contribution in [-0.4, -0.2) is 48.9 Å². The Morgan fingerprint density at radius 1 is 1.23 bits per heavy atom. The average Bonchev–Trinajstić information content (AvgIpc) is 2.73. The summed E-state index contributed by atoms with van der Waals surface area (Å²) >= 11 is 6.35. The Balaban J connectivity index is 2.17. The van der Waals surface area contributed by atoms with E-state index in [1.807, 2.05) is 6.07 Å². The molecule has 0 fully saturated rings. The van der Waals surface area contributed by atoms with Crippen LogP contribution in [0.2, 0.25) is 5.02 Å². The van der Waals surface area contributed by atoms with Crippen molar-refractivity contribution < 1.29 is 19.1 Å². The average molecular weight is 450 g/mol. The molecule has 0 radical (unpaired) electrons. The molecule has 1 heterocycles. The van der Waals surface area contributed by atoms with Gasteiger partial charge >= 0.3 is 5.97 Å². The summed E-state index contributed by atoms with van der Waals surface area (Å²) in [6.07, 6.45) is 3.90. The van der Waals surface area contributed by atoms with Gasteiger partial charge in [-0.15, -0.1) is 0 Å². The maximum Gasteiger partial charge on any atom is 0.336 e. The Kier molecular flexibility index (Phi) is 10.0. The molecule has 0 aliphatic carbocycles. The predicted molar refractivity (Wildman–Crippen MR) is 120 cm³/mol. The monoisotopic (exact) mass is 449 g/mol. The van der Waals surface area contributed by atoms with Gasteiger partial charge in [-0.25, -0.2) is 4.79 Å². The van der Waals surface area contributed by atoms with Gasteiger partial charge in [-0.3, -0.25) is 9.59 Å². The van der Waals surface area contributed by atoms with E-state index in [1.165, 1.54) is 4.90 Å². The van der Waals surface area contributed by atoms with Crippen molar-refractivity contribution in [2.24, 2.45) is 5.73 Å². The van der Waals surface area contributed by atoms with E-state index in [0.29, 0.717) is 34.9 Å². The summed E-state index contributed by atoms with van der Waals surface area (Å²) in [7, 11) is 0. The van der Waals surface area contributed by atoms with Crippen LogP contribution in [0.3, 0.4) is 0 Å². The van der Waals surface area contributed by atoms with Crippen LogP contribution in [-0.2, 0) is 19.1 Å². The van der Waals surface area contributed by atoms with Gasteiger partial charge in [0.2, 0.25) is 11.8 Å². The minimum atomic E-state index is -0.512. The number of nitrogens with two attached hydrogens (primary N) is 1. The smallest absolute Gasteiger partial charge is 0.336 e. The number of rotatable bonds is 11. The summed E-state index contributed by atoms with van der Waals surface area (Å²) in [5, 5.41) is 3.33. The highest BCUT2D eigenvalue weighted by Crippen LogP contribution is 2.39. The Hall–Kier alpha value is -2.38. The number of amides is 2. The maximum atomic E-state index is 12.9. The molecular weight excluding hydrogens is 418 g/mol. The highest BCUT2D eigenvalue weighted by Gasteiger charge is 2.38. The van der Waals surface area contributed by atoms with Crippen molar-refractivity contribution in [1.82, 2.24) is 10.2 Å². The molecule has 0 aromatic heterocycles. The van der Waals surface area contributed by atoms with Gasteiger partial charge in [0.25, 0.3) is 0 Å². The number of allylic oxidation sites excluding steroid dienone is 1. The van der Waals surface area contributed by atoms with E-state index >= 15 is 0 Å². The van der Waals surface area contributed by atoms with E-state index in [1.54, 1.807) is 32.0 Å². The number of halogens is 1. The number of esters is 1. The second-order valence-electron chi connectivity index (χ2n) is 7.53. The number of hydrogen-bond donors (Lipinski definition) is 2. The molecule has 8 heteroatoms. The molecule has 0 saturated carbocycles. The zero-order valence-corrected chi connectivity index (χ0v) is 19.0. The Bertz CT molecular complexity index is 825. The van der Waals surface area contributed by atoms with Crippen LogP contribution in [0.1, 0.15) is 57.4 Å². The van der Waals surface area contributed by atoms with Crippen molar-refractivity contribution in [3.63, 3.8) is 0 Å². The van der Waals surface area contributed by atoms with Crippen LogP contribution >= 0.6 is 11.6 Å². The van der Waals surface area contributed by atoms with Gasteiger partial charge in [0.15, 0.2) is 0 Å². The Morgan fingerprint density at radius 2 is 1.94 bits per heavy atom. The van der Waals surface area contributed by atoms with Crippen LogP contribution in [0.25, 0.3) is 0 Å². The molecular formula is C23H32ClN3O4. The molecule has 2 rings (SSSR count). The molecule has 1 atom stereocenters. The quantitative estimate of drug-likeness (QED) is 0.399. The standard InChI is InChI=1S/C23H32ClN3O4/c1-3-31-23(30)22-16(2)27(15-20(28)26-13-9-5-4-8-12-25)21(29)14-18(22)17-10-6-7-11-19(17)24/h6-7,10-11,18H,3-5,8-9,12-15,25H2,1-2H3,(H,26,28). The summed E-state index contributed by atoms with van der Waals surface area (Å²) in [5.74, 6) is -1.50. The minimum Gasteiger partial charge on any atom is -0.463 e. The predicted octanol–water partition coefficient (Wildman–Crippen LogP) is 3.13. The fourth-order valence-corrected chi connectivity index (χ4v) is 4.02. The molecule has 31 heavy (non-hydrogen) atoms. The molecule has 0 spiro atoms. The molecule has 1 aliphatic heterocycles. The van der Waals surface area contributed by atoms with E-state index in [9.17, 15) is 14.4 Å². The van der Waals surface area contributed by atoms with Gasteiger partial charge in [0.05, 0.1) is 12.2 Å². The number of carbonyl (C=O) groups is 3. The summed E-state index contributed by atoms with van der Waals surface area (Å²) in [4.78, 5) is 39.5. The fourth-order valence-electron chi connectivity index (χ4n) is 3.75. The second-order valence-corrected chi connectivity index (χ2v) is 7.94. The summed E-state index contributed by atoms with van der Waals surface area (Å²) in [6, 6.07) is 7.15. The minimum absolute atomic E-state index is 0.0432. The first kappa shape index (κ1) is 24.9. The van der Waals surface area contributed by atoms with E-state index in [0.717, 1.165) is 25.7 Å². The molecule has 1 aliphatic rings. The number of hydrogen-bond acceptors (Lipinski definition) is 5. The molecule has 1 aromatic carbocycles. The lowest BCUT2D eigenvalue weighted by atomic mass is 9.83. The van der Waals surface area contributed by atoms with E-state index in [2.05, 4.69) is 5.32 Å². The number of unbranched alkanes of at least 4 members (excludes halogenated alkanes) is 3. The molecule has 7 nitrogen and oxygen atoms in total. The number of nitrogens with zero attached hydrogens (tertiary/aromatic N) is 1. The zero-order chi connectivity index (χ0) is 22.8. The third kappa shape index (κ3) is 6.80. The highest BCUT2D eigenvalue weighted by atomic mass is 35.5. The van der Waals surface area contributed by atoms with Gasteiger partial charge < -0.3 is 20.7 Å². The van der Waals surface area contributed by atoms with Gasteiger partial charge in [-0.05, 0) is 44.9 Å². The summed E-state index contributed by atoms with van der Waals surface area (Å²) < 4.78 is 5.26. The van der Waals surface area contributed by atoms with Gasteiger partial charge in [-0.1, -0.05) is 42.6 Å². The largest absolute Gasteiger partial charge is 0.463 e. The molecule has 2 amide bonds. The lowest BCUT2D eigenvalue weighted by molar-refractivity contribution is -0.141. The molecule has 1 unspecified atom stereocenters. The number of nitrogens with one attached hydrogen (secondary N) is 1. The third-order valence-corrected chi connectivity index (χ3v) is 5.70. The van der Waals surface area contributed by atoms with E-state index < -0.39 is 11.9 Å². The normalized spacial score (nSPS) is 16.5. The molecule has 170 valence electrons. The van der Waals surface area contributed by atoms with Crippen LogP contribution in [0.5, 0.6) is 0 Å². The van der Waals surface area contributed by atoms with E-state index in [-0.39, 0.29) is 31.4 Å². The lowest BCUT2D eigenvalue weighted by Crippen LogP contribution is -2.44. The topological polar surface area (TPSA) is 102 Å². The van der Waals surface area contributed by atoms with Crippen molar-refractivity contribution in [2.45, 2.75) is 51.9 Å². The molecule has 0 bridgehead atoms. The van der Waals surface area contributed by atoms with Crippen molar-refractivity contribution in [2.75, 3.05) is 26.2 Å². The van der Waals surface area contributed by atoms with E-state index in [4.69, 9.17) is 22.1 Å². The summed E-state index contributed by atoms with van der Waals surface area (Å²) in [6.45, 7) is 4.70. The zero-order valence-electron chi connectivity index (χ0n) is 18.3. The van der Waals surface area contributed by atoms with Gasteiger partial charge in [0, 0.05) is 29.6 Å².